The van der Waals surface area contributed by atoms with Crippen molar-refractivity contribution < 1.29 is 4.79 Å². The van der Waals surface area contributed by atoms with Crippen molar-refractivity contribution in [2.75, 3.05) is 13.1 Å². The molecule has 0 fully saturated rings. The van der Waals surface area contributed by atoms with E-state index in [9.17, 15) is 4.79 Å². The predicted octanol–water partition coefficient (Wildman–Crippen LogP) is 0.794. The summed E-state index contributed by atoms with van der Waals surface area (Å²) < 4.78 is 0. The van der Waals surface area contributed by atoms with Crippen LogP contribution in [0.3, 0.4) is 0 Å². The van der Waals surface area contributed by atoms with Gasteiger partial charge in [-0.25, -0.2) is 0 Å². The minimum atomic E-state index is -0.166. The molecule has 80 valence electrons. The van der Waals surface area contributed by atoms with E-state index in [1.807, 2.05) is 13.8 Å². The third kappa shape index (κ3) is 6.44. The zero-order chi connectivity index (χ0) is 10.8. The standard InChI is InChI=1S/C10H19N3O/c1-3-7-13-10(14)9(2)12-8-5-4-6-11/h9,12H,3-5,7-8H2,1-2H3,(H,13,14). The summed E-state index contributed by atoms with van der Waals surface area (Å²) in [4.78, 5) is 11.3. The van der Waals surface area contributed by atoms with Crippen molar-refractivity contribution in [1.29, 1.82) is 5.26 Å². The first-order valence-electron chi connectivity index (χ1n) is 5.10. The van der Waals surface area contributed by atoms with E-state index >= 15 is 0 Å². The highest BCUT2D eigenvalue weighted by Gasteiger charge is 2.09. The van der Waals surface area contributed by atoms with E-state index in [-0.39, 0.29) is 11.9 Å². The molecular formula is C10H19N3O. The summed E-state index contributed by atoms with van der Waals surface area (Å²) in [7, 11) is 0. The topological polar surface area (TPSA) is 64.9 Å². The van der Waals surface area contributed by atoms with Crippen LogP contribution >= 0.6 is 0 Å². The Morgan fingerprint density at radius 1 is 1.50 bits per heavy atom. The zero-order valence-electron chi connectivity index (χ0n) is 8.97. The van der Waals surface area contributed by atoms with Crippen LogP contribution in [0.15, 0.2) is 0 Å². The fourth-order valence-corrected chi connectivity index (χ4v) is 0.980. The summed E-state index contributed by atoms with van der Waals surface area (Å²) in [6.07, 6.45) is 2.28. The highest BCUT2D eigenvalue weighted by Crippen LogP contribution is 1.87. The van der Waals surface area contributed by atoms with Crippen molar-refractivity contribution in [1.82, 2.24) is 10.6 Å². The van der Waals surface area contributed by atoms with E-state index in [0.717, 1.165) is 19.4 Å². The molecule has 0 heterocycles. The average Bonchev–Trinajstić information content (AvgIpc) is 2.20. The van der Waals surface area contributed by atoms with Gasteiger partial charge in [0.05, 0.1) is 12.1 Å². The van der Waals surface area contributed by atoms with Crippen LogP contribution in [0.5, 0.6) is 0 Å². The minimum absolute atomic E-state index is 0.0313. The van der Waals surface area contributed by atoms with Gasteiger partial charge in [0.25, 0.3) is 0 Å². The number of nitriles is 1. The SMILES string of the molecule is CCCNC(=O)C(C)NCCCC#N. The van der Waals surface area contributed by atoms with Crippen LogP contribution < -0.4 is 10.6 Å². The van der Waals surface area contributed by atoms with Crippen molar-refractivity contribution in [3.05, 3.63) is 0 Å². The van der Waals surface area contributed by atoms with Crippen LogP contribution in [-0.2, 0) is 4.79 Å². The van der Waals surface area contributed by atoms with Gasteiger partial charge in [-0.05, 0) is 26.3 Å². The number of amides is 1. The van der Waals surface area contributed by atoms with Gasteiger partial charge in [0.2, 0.25) is 5.91 Å². The van der Waals surface area contributed by atoms with E-state index in [2.05, 4.69) is 16.7 Å². The lowest BCUT2D eigenvalue weighted by atomic mass is 10.2. The summed E-state index contributed by atoms with van der Waals surface area (Å²) in [6.45, 7) is 5.29. The summed E-state index contributed by atoms with van der Waals surface area (Å²) >= 11 is 0. The third-order valence-electron chi connectivity index (χ3n) is 1.86. The molecule has 4 heteroatoms. The summed E-state index contributed by atoms with van der Waals surface area (Å²) in [5.41, 5.74) is 0. The molecule has 0 aromatic rings. The van der Waals surface area contributed by atoms with Crippen LogP contribution in [0.2, 0.25) is 0 Å². The number of carbonyl (C=O) groups excluding carboxylic acids is 1. The lowest BCUT2D eigenvalue weighted by Gasteiger charge is -2.12. The number of hydrogen-bond acceptors (Lipinski definition) is 3. The first kappa shape index (κ1) is 12.9. The Labute approximate surface area is 85.7 Å². The Bertz CT molecular complexity index is 198. The lowest BCUT2D eigenvalue weighted by Crippen LogP contribution is -2.42. The number of rotatable bonds is 7. The largest absolute Gasteiger partial charge is 0.355 e. The molecule has 0 aliphatic rings. The molecule has 0 aliphatic heterocycles. The van der Waals surface area contributed by atoms with Crippen molar-refractivity contribution in [3.63, 3.8) is 0 Å². The molecule has 1 atom stereocenters. The van der Waals surface area contributed by atoms with Gasteiger partial charge >= 0.3 is 0 Å². The molecule has 0 aromatic heterocycles. The fourth-order valence-electron chi connectivity index (χ4n) is 0.980. The Kier molecular flexibility index (Phi) is 7.86. The molecule has 1 amide bonds. The Morgan fingerprint density at radius 3 is 2.79 bits per heavy atom. The molecule has 0 aliphatic carbocycles. The van der Waals surface area contributed by atoms with Crippen LogP contribution in [0.4, 0.5) is 0 Å². The molecule has 0 rings (SSSR count). The normalized spacial score (nSPS) is 11.8. The third-order valence-corrected chi connectivity index (χ3v) is 1.86. The monoisotopic (exact) mass is 197 g/mol. The molecule has 4 nitrogen and oxygen atoms in total. The van der Waals surface area contributed by atoms with E-state index < -0.39 is 0 Å². The summed E-state index contributed by atoms with van der Waals surface area (Å²) in [5, 5.41) is 14.2. The molecule has 0 bridgehead atoms. The van der Waals surface area contributed by atoms with Crippen molar-refractivity contribution in [2.45, 2.75) is 39.2 Å². The minimum Gasteiger partial charge on any atom is -0.355 e. The predicted molar refractivity (Wildman–Crippen MR) is 55.6 cm³/mol. The zero-order valence-corrected chi connectivity index (χ0v) is 8.97. The van der Waals surface area contributed by atoms with Gasteiger partial charge in [-0.1, -0.05) is 6.92 Å². The number of nitrogens with zero attached hydrogens (tertiary/aromatic N) is 1. The highest BCUT2D eigenvalue weighted by molar-refractivity contribution is 5.81. The van der Waals surface area contributed by atoms with Gasteiger partial charge in [-0.2, -0.15) is 5.26 Å². The van der Waals surface area contributed by atoms with Crippen molar-refractivity contribution in [3.8, 4) is 6.07 Å². The van der Waals surface area contributed by atoms with Gasteiger partial charge in [0, 0.05) is 13.0 Å². The number of carbonyl (C=O) groups is 1. The van der Waals surface area contributed by atoms with Crippen LogP contribution in [0, 0.1) is 11.3 Å². The molecule has 2 N–H and O–H groups in total. The molecular weight excluding hydrogens is 178 g/mol. The molecule has 0 spiro atoms. The maximum atomic E-state index is 11.3. The maximum absolute atomic E-state index is 11.3. The highest BCUT2D eigenvalue weighted by atomic mass is 16.2. The number of hydrogen-bond donors (Lipinski definition) is 2. The van der Waals surface area contributed by atoms with E-state index in [1.54, 1.807) is 0 Å². The van der Waals surface area contributed by atoms with Crippen LogP contribution in [-0.4, -0.2) is 25.0 Å². The Balaban J connectivity index is 3.47. The average molecular weight is 197 g/mol. The van der Waals surface area contributed by atoms with Crippen LogP contribution in [0.1, 0.15) is 33.1 Å². The summed E-state index contributed by atoms with van der Waals surface area (Å²) in [5.74, 6) is 0.0313. The number of unbranched alkanes of at least 4 members (excludes halogenated alkanes) is 1. The molecule has 0 saturated heterocycles. The quantitative estimate of drug-likeness (QED) is 0.593. The fraction of sp³-hybridized carbons (Fsp3) is 0.800. The lowest BCUT2D eigenvalue weighted by molar-refractivity contribution is -0.122. The van der Waals surface area contributed by atoms with Crippen molar-refractivity contribution in [2.24, 2.45) is 0 Å². The molecule has 1 unspecified atom stereocenters. The number of nitrogens with one attached hydrogen (secondary N) is 2. The van der Waals surface area contributed by atoms with E-state index in [0.29, 0.717) is 13.0 Å². The molecule has 0 saturated carbocycles. The second kappa shape index (κ2) is 8.52. The second-order valence-electron chi connectivity index (χ2n) is 3.23. The molecule has 0 aromatic carbocycles. The van der Waals surface area contributed by atoms with Gasteiger partial charge < -0.3 is 10.6 Å². The Morgan fingerprint density at radius 2 is 2.21 bits per heavy atom. The molecule has 14 heavy (non-hydrogen) atoms. The Hall–Kier alpha value is -1.08. The smallest absolute Gasteiger partial charge is 0.236 e. The van der Waals surface area contributed by atoms with E-state index in [4.69, 9.17) is 5.26 Å². The van der Waals surface area contributed by atoms with Gasteiger partial charge in [-0.15, -0.1) is 0 Å². The summed E-state index contributed by atoms with van der Waals surface area (Å²) in [6, 6.07) is 1.90. The second-order valence-corrected chi connectivity index (χ2v) is 3.23. The first-order valence-corrected chi connectivity index (χ1v) is 5.10. The first-order chi connectivity index (χ1) is 6.72. The van der Waals surface area contributed by atoms with Gasteiger partial charge in [0.15, 0.2) is 0 Å². The van der Waals surface area contributed by atoms with Gasteiger partial charge in [0.1, 0.15) is 0 Å². The maximum Gasteiger partial charge on any atom is 0.236 e. The van der Waals surface area contributed by atoms with Gasteiger partial charge in [-0.3, -0.25) is 4.79 Å². The van der Waals surface area contributed by atoms with E-state index in [1.165, 1.54) is 0 Å². The van der Waals surface area contributed by atoms with Crippen molar-refractivity contribution >= 4 is 5.91 Å². The van der Waals surface area contributed by atoms with Crippen LogP contribution in [0.25, 0.3) is 0 Å². The molecule has 0 radical (unpaired) electrons.